The second-order valence-corrected chi connectivity index (χ2v) is 10.4. The predicted octanol–water partition coefficient (Wildman–Crippen LogP) is 3.00. The molecule has 0 bridgehead atoms. The van der Waals surface area contributed by atoms with Crippen molar-refractivity contribution < 1.29 is 33.4 Å². The van der Waals surface area contributed by atoms with E-state index >= 15 is 0 Å². The lowest BCUT2D eigenvalue weighted by Crippen LogP contribution is -2.54. The number of rotatable bonds is 4. The summed E-state index contributed by atoms with van der Waals surface area (Å²) in [6, 6.07) is 3.97. The summed E-state index contributed by atoms with van der Waals surface area (Å²) in [6.45, 7) is 10.3. The number of hydrogen-bond acceptors (Lipinski definition) is 7. The van der Waals surface area contributed by atoms with Crippen LogP contribution in [0.4, 0.5) is 16.2 Å². The number of carbonyl (C=O) groups excluding carboxylic acids is 5. The Bertz CT molecular complexity index is 1040. The number of imide groups is 1. The number of amides is 4. The van der Waals surface area contributed by atoms with Crippen LogP contribution in [-0.2, 0) is 28.7 Å². The van der Waals surface area contributed by atoms with E-state index in [0.717, 1.165) is 0 Å². The van der Waals surface area contributed by atoms with Gasteiger partial charge in [-0.15, -0.1) is 0 Å². The summed E-state index contributed by atoms with van der Waals surface area (Å²) in [7, 11) is 0. The van der Waals surface area contributed by atoms with Crippen LogP contribution in [0.3, 0.4) is 0 Å². The smallest absolute Gasteiger partial charge is 0.412 e. The Morgan fingerprint density at radius 3 is 2.29 bits per heavy atom. The minimum atomic E-state index is -0.985. The predicted molar refractivity (Wildman–Crippen MR) is 123 cm³/mol. The van der Waals surface area contributed by atoms with Gasteiger partial charge in [0.2, 0.25) is 17.7 Å². The summed E-state index contributed by atoms with van der Waals surface area (Å²) in [6.07, 6.45) is -0.760. The van der Waals surface area contributed by atoms with Crippen molar-refractivity contribution in [3.8, 4) is 0 Å². The number of hydrogen-bond donors (Lipinski definition) is 2. The molecule has 2 unspecified atom stereocenters. The number of esters is 1. The molecule has 10 nitrogen and oxygen atoms in total. The van der Waals surface area contributed by atoms with E-state index in [9.17, 15) is 24.0 Å². The van der Waals surface area contributed by atoms with E-state index in [1.165, 1.54) is 4.90 Å². The minimum absolute atomic E-state index is 0.0854. The normalized spacial score (nSPS) is 20.5. The monoisotopic (exact) mass is 473 g/mol. The molecule has 0 saturated carbocycles. The van der Waals surface area contributed by atoms with Gasteiger partial charge in [-0.2, -0.15) is 0 Å². The van der Waals surface area contributed by atoms with Gasteiger partial charge in [0.25, 0.3) is 0 Å². The molecule has 1 aromatic rings. The molecule has 1 aromatic carbocycles. The summed E-state index contributed by atoms with van der Waals surface area (Å²) in [5, 5.41) is 4.93. The number of fused-ring (bicyclic) bond motifs is 1. The van der Waals surface area contributed by atoms with Crippen LogP contribution >= 0.6 is 0 Å². The van der Waals surface area contributed by atoms with Crippen LogP contribution < -0.4 is 15.5 Å². The quantitative estimate of drug-likeness (QED) is 0.508. The molecule has 0 spiro atoms. The fraction of sp³-hybridized carbons (Fsp3) is 0.542. The largest absolute Gasteiger partial charge is 0.460 e. The Morgan fingerprint density at radius 2 is 1.71 bits per heavy atom. The van der Waals surface area contributed by atoms with E-state index in [-0.39, 0.29) is 19.3 Å². The van der Waals surface area contributed by atoms with Crippen molar-refractivity contribution in [3.05, 3.63) is 23.8 Å². The highest BCUT2D eigenvalue weighted by atomic mass is 16.6. The Hall–Kier alpha value is -3.43. The standard InChI is InChI=1S/C24H31N3O7/c1-23(2,3)33-18(29)12-13-19-14(25-22(32)34-24(4,5)6)8-7-9-15(19)27(21(13)31)16-10-11-17(28)26-20(16)30/h7-9,13,16H,10-12H2,1-6H3,(H,25,32)(H,26,28,30). The first kappa shape index (κ1) is 25.2. The van der Waals surface area contributed by atoms with Gasteiger partial charge >= 0.3 is 12.1 Å². The highest BCUT2D eigenvalue weighted by Crippen LogP contribution is 2.45. The lowest BCUT2D eigenvalue weighted by Gasteiger charge is -2.30. The fourth-order valence-electron chi connectivity index (χ4n) is 4.05. The molecule has 2 aliphatic heterocycles. The first-order valence-electron chi connectivity index (χ1n) is 11.2. The molecule has 3 rings (SSSR count). The Morgan fingerprint density at radius 1 is 1.06 bits per heavy atom. The van der Waals surface area contributed by atoms with E-state index in [4.69, 9.17) is 9.47 Å². The van der Waals surface area contributed by atoms with Crippen molar-refractivity contribution in [2.75, 3.05) is 10.2 Å². The maximum absolute atomic E-state index is 13.6. The molecule has 0 aliphatic carbocycles. The van der Waals surface area contributed by atoms with Gasteiger partial charge < -0.3 is 9.47 Å². The second-order valence-electron chi connectivity index (χ2n) is 10.4. The van der Waals surface area contributed by atoms with E-state index < -0.39 is 52.9 Å². The molecular formula is C24H31N3O7. The summed E-state index contributed by atoms with van der Waals surface area (Å²) >= 11 is 0. The molecule has 0 aromatic heterocycles. The van der Waals surface area contributed by atoms with Crippen LogP contribution in [0, 0.1) is 0 Å². The van der Waals surface area contributed by atoms with Gasteiger partial charge in [-0.25, -0.2) is 4.79 Å². The zero-order valence-electron chi connectivity index (χ0n) is 20.3. The van der Waals surface area contributed by atoms with E-state index in [1.54, 1.807) is 59.7 Å². The van der Waals surface area contributed by atoms with E-state index in [0.29, 0.717) is 16.9 Å². The fourth-order valence-corrected chi connectivity index (χ4v) is 4.05. The van der Waals surface area contributed by atoms with Crippen LogP contribution in [0.1, 0.15) is 72.3 Å². The van der Waals surface area contributed by atoms with Crippen LogP contribution in [0.5, 0.6) is 0 Å². The van der Waals surface area contributed by atoms with Crippen molar-refractivity contribution in [1.82, 2.24) is 5.32 Å². The molecule has 0 radical (unpaired) electrons. The van der Waals surface area contributed by atoms with Crippen LogP contribution in [0.2, 0.25) is 0 Å². The SMILES string of the molecule is CC(C)(C)OC(=O)CC1C(=O)N(C2CCC(=O)NC2=O)c2cccc(NC(=O)OC(C)(C)C)c21. The minimum Gasteiger partial charge on any atom is -0.460 e. The molecule has 2 N–H and O–H groups in total. The van der Waals surface area contributed by atoms with E-state index in [1.807, 2.05) is 0 Å². The maximum atomic E-state index is 13.6. The number of carbonyl (C=O) groups is 5. The Labute approximate surface area is 198 Å². The average Bonchev–Trinajstić information content (AvgIpc) is 2.91. The van der Waals surface area contributed by atoms with Gasteiger partial charge in [0.15, 0.2) is 0 Å². The van der Waals surface area contributed by atoms with Crippen molar-refractivity contribution in [2.45, 2.75) is 84.0 Å². The molecule has 2 aliphatic rings. The van der Waals surface area contributed by atoms with Crippen molar-refractivity contribution in [3.63, 3.8) is 0 Å². The summed E-state index contributed by atoms with van der Waals surface area (Å²) in [5.74, 6) is -3.04. The zero-order valence-corrected chi connectivity index (χ0v) is 20.3. The first-order valence-corrected chi connectivity index (χ1v) is 11.2. The molecule has 2 heterocycles. The number of nitrogens with zero attached hydrogens (tertiary/aromatic N) is 1. The average molecular weight is 474 g/mol. The van der Waals surface area contributed by atoms with Crippen LogP contribution in [0.25, 0.3) is 0 Å². The molecule has 1 saturated heterocycles. The van der Waals surface area contributed by atoms with Crippen molar-refractivity contribution in [2.24, 2.45) is 0 Å². The molecule has 4 amide bonds. The molecule has 184 valence electrons. The second kappa shape index (κ2) is 9.08. The zero-order chi connectivity index (χ0) is 25.4. The number of piperidine rings is 1. The van der Waals surface area contributed by atoms with E-state index in [2.05, 4.69) is 10.6 Å². The lowest BCUT2D eigenvalue weighted by atomic mass is 9.95. The lowest BCUT2D eigenvalue weighted by molar-refractivity contribution is -0.156. The topological polar surface area (TPSA) is 131 Å². The summed E-state index contributed by atoms with van der Waals surface area (Å²) < 4.78 is 10.8. The molecule has 2 atom stereocenters. The van der Waals surface area contributed by atoms with Crippen molar-refractivity contribution >= 4 is 41.2 Å². The van der Waals surface area contributed by atoms with Gasteiger partial charge in [0.1, 0.15) is 17.2 Å². The number of ether oxygens (including phenoxy) is 2. The number of nitrogens with one attached hydrogen (secondary N) is 2. The van der Waals surface area contributed by atoms with Crippen LogP contribution in [0.15, 0.2) is 18.2 Å². The third-order valence-electron chi connectivity index (χ3n) is 5.17. The third-order valence-corrected chi connectivity index (χ3v) is 5.17. The van der Waals surface area contributed by atoms with Gasteiger partial charge in [-0.05, 0) is 60.1 Å². The maximum Gasteiger partial charge on any atom is 0.412 e. The molecular weight excluding hydrogens is 442 g/mol. The Balaban J connectivity index is 2.01. The van der Waals surface area contributed by atoms with Gasteiger partial charge in [-0.1, -0.05) is 6.07 Å². The van der Waals surface area contributed by atoms with Crippen molar-refractivity contribution in [1.29, 1.82) is 0 Å². The van der Waals surface area contributed by atoms with Crippen LogP contribution in [-0.4, -0.2) is 47.0 Å². The summed E-state index contributed by atoms with van der Waals surface area (Å²) in [5.41, 5.74) is -0.412. The molecule has 1 fully saturated rings. The molecule has 10 heteroatoms. The molecule has 34 heavy (non-hydrogen) atoms. The van der Waals surface area contributed by atoms with Gasteiger partial charge in [0.05, 0.1) is 23.7 Å². The third kappa shape index (κ3) is 5.73. The highest BCUT2D eigenvalue weighted by Gasteiger charge is 2.47. The highest BCUT2D eigenvalue weighted by molar-refractivity contribution is 6.14. The summed E-state index contributed by atoms with van der Waals surface area (Å²) in [4.78, 5) is 64.2. The first-order chi connectivity index (χ1) is 15.7. The van der Waals surface area contributed by atoms with Gasteiger partial charge in [0, 0.05) is 12.0 Å². The van der Waals surface area contributed by atoms with Gasteiger partial charge in [-0.3, -0.25) is 34.7 Å². The Kier molecular flexibility index (Phi) is 6.73. The number of anilines is 2. The number of benzene rings is 1.